The van der Waals surface area contributed by atoms with Crippen LogP contribution in [0.4, 0.5) is 0 Å². The molecule has 3 heteroatoms. The second-order valence-electron chi connectivity index (χ2n) is 3.30. The van der Waals surface area contributed by atoms with Gasteiger partial charge < -0.3 is 0 Å². The van der Waals surface area contributed by atoms with E-state index in [1.54, 1.807) is 11.8 Å². The van der Waals surface area contributed by atoms with Crippen LogP contribution >= 0.6 is 11.8 Å². The lowest BCUT2D eigenvalue weighted by Crippen LogP contribution is -2.23. The van der Waals surface area contributed by atoms with E-state index in [1.165, 1.54) is 11.3 Å². The molecule has 0 amide bonds. The number of hydrogen-bond acceptors (Lipinski definition) is 2. The molecule has 0 fully saturated rings. The van der Waals surface area contributed by atoms with Crippen molar-refractivity contribution < 1.29 is 0 Å². The third-order valence-electron chi connectivity index (χ3n) is 2.41. The van der Waals surface area contributed by atoms with Gasteiger partial charge in [-0.1, -0.05) is 24.8 Å². The summed E-state index contributed by atoms with van der Waals surface area (Å²) in [4.78, 5) is 6.43. The average molecular weight is 222 g/mol. The standard InChI is InChI=1S/C12H18N2S/c1-5-10(2)11-8-6-7-9-14(11)12(13-3)15-4/h6-9H,5H2,1-4H3. The minimum Gasteiger partial charge on any atom is -0.297 e. The van der Waals surface area contributed by atoms with Crippen molar-refractivity contribution in [2.45, 2.75) is 20.3 Å². The third kappa shape index (κ3) is 2.75. The summed E-state index contributed by atoms with van der Waals surface area (Å²) in [6, 6.07) is 0. The predicted octanol–water partition coefficient (Wildman–Crippen LogP) is 3.40. The lowest BCUT2D eigenvalue weighted by atomic mass is 10.1. The van der Waals surface area contributed by atoms with Crippen molar-refractivity contribution in [3.8, 4) is 0 Å². The van der Waals surface area contributed by atoms with Crippen LogP contribution in [0.25, 0.3) is 0 Å². The molecule has 0 unspecified atom stereocenters. The van der Waals surface area contributed by atoms with E-state index >= 15 is 0 Å². The molecule has 0 atom stereocenters. The number of nitrogens with zero attached hydrogens (tertiary/aromatic N) is 2. The van der Waals surface area contributed by atoms with Crippen molar-refractivity contribution in [2.75, 3.05) is 13.3 Å². The highest BCUT2D eigenvalue weighted by atomic mass is 32.2. The zero-order valence-corrected chi connectivity index (χ0v) is 10.6. The summed E-state index contributed by atoms with van der Waals surface area (Å²) in [6.07, 6.45) is 11.4. The quantitative estimate of drug-likeness (QED) is 0.499. The van der Waals surface area contributed by atoms with Gasteiger partial charge in [0.05, 0.1) is 0 Å². The van der Waals surface area contributed by atoms with Crippen molar-refractivity contribution in [3.05, 3.63) is 35.7 Å². The van der Waals surface area contributed by atoms with Crippen LogP contribution in [0.1, 0.15) is 20.3 Å². The first-order valence-electron chi connectivity index (χ1n) is 5.09. The van der Waals surface area contributed by atoms with E-state index in [9.17, 15) is 0 Å². The second-order valence-corrected chi connectivity index (χ2v) is 4.07. The molecular weight excluding hydrogens is 204 g/mol. The predicted molar refractivity (Wildman–Crippen MR) is 70.0 cm³/mol. The number of aliphatic imine (C=N–C) groups is 1. The SMILES string of the molecule is CCC(C)=C1C=CC=CN1C(=NC)SC. The number of allylic oxidation sites excluding steroid dienone is 4. The lowest BCUT2D eigenvalue weighted by molar-refractivity contribution is 0.700. The molecular formula is C12H18N2S. The summed E-state index contributed by atoms with van der Waals surface area (Å²) < 4.78 is 0. The number of amidine groups is 1. The lowest BCUT2D eigenvalue weighted by Gasteiger charge is -2.25. The van der Waals surface area contributed by atoms with E-state index in [1.807, 2.05) is 19.4 Å². The monoisotopic (exact) mass is 222 g/mol. The Kier molecular flexibility index (Phi) is 4.69. The maximum atomic E-state index is 4.28. The van der Waals surface area contributed by atoms with Gasteiger partial charge in [0, 0.05) is 18.9 Å². The summed E-state index contributed by atoms with van der Waals surface area (Å²) in [6.45, 7) is 4.34. The fourth-order valence-corrected chi connectivity index (χ4v) is 1.97. The van der Waals surface area contributed by atoms with Crippen LogP contribution in [-0.2, 0) is 0 Å². The first-order chi connectivity index (χ1) is 7.24. The molecule has 1 heterocycles. The van der Waals surface area contributed by atoms with E-state index < -0.39 is 0 Å². The highest BCUT2D eigenvalue weighted by Crippen LogP contribution is 2.22. The van der Waals surface area contributed by atoms with Crippen LogP contribution < -0.4 is 0 Å². The van der Waals surface area contributed by atoms with Crippen LogP contribution in [0.2, 0.25) is 0 Å². The molecule has 15 heavy (non-hydrogen) atoms. The average Bonchev–Trinajstić information content (AvgIpc) is 2.30. The zero-order valence-electron chi connectivity index (χ0n) is 9.82. The molecule has 0 aliphatic carbocycles. The smallest absolute Gasteiger partial charge is 0.167 e. The maximum absolute atomic E-state index is 4.28. The highest BCUT2D eigenvalue weighted by Gasteiger charge is 2.13. The highest BCUT2D eigenvalue weighted by molar-refractivity contribution is 8.13. The van der Waals surface area contributed by atoms with Gasteiger partial charge in [-0.25, -0.2) is 0 Å². The van der Waals surface area contributed by atoms with E-state index in [0.29, 0.717) is 0 Å². The molecule has 0 aromatic rings. The van der Waals surface area contributed by atoms with Crippen LogP contribution in [0.3, 0.4) is 0 Å². The Hall–Kier alpha value is -0.960. The summed E-state index contributed by atoms with van der Waals surface area (Å²) >= 11 is 1.66. The van der Waals surface area contributed by atoms with Gasteiger partial charge in [0.2, 0.25) is 0 Å². The molecule has 0 saturated carbocycles. The molecule has 1 aliphatic heterocycles. The Balaban J connectivity index is 3.06. The number of thioether (sulfide) groups is 1. The van der Waals surface area contributed by atoms with E-state index in [-0.39, 0.29) is 0 Å². The largest absolute Gasteiger partial charge is 0.297 e. The van der Waals surface area contributed by atoms with Gasteiger partial charge in [-0.2, -0.15) is 0 Å². The van der Waals surface area contributed by atoms with E-state index in [0.717, 1.165) is 11.6 Å². The van der Waals surface area contributed by atoms with Crippen molar-refractivity contribution >= 4 is 16.9 Å². The first-order valence-corrected chi connectivity index (χ1v) is 6.31. The van der Waals surface area contributed by atoms with Crippen molar-refractivity contribution in [3.63, 3.8) is 0 Å². The van der Waals surface area contributed by atoms with E-state index in [2.05, 4.69) is 42.1 Å². The fourth-order valence-electron chi connectivity index (χ4n) is 1.44. The van der Waals surface area contributed by atoms with Crippen molar-refractivity contribution in [1.82, 2.24) is 4.90 Å². The van der Waals surface area contributed by atoms with Crippen LogP contribution in [0.15, 0.2) is 40.7 Å². The molecule has 0 spiro atoms. The van der Waals surface area contributed by atoms with Gasteiger partial charge >= 0.3 is 0 Å². The third-order valence-corrected chi connectivity index (χ3v) is 3.15. The molecule has 0 saturated heterocycles. The van der Waals surface area contributed by atoms with Crippen molar-refractivity contribution in [1.29, 1.82) is 0 Å². The van der Waals surface area contributed by atoms with Gasteiger partial charge in [-0.15, -0.1) is 0 Å². The number of hydrogen-bond donors (Lipinski definition) is 0. The Bertz CT molecular complexity index is 338. The fraction of sp³-hybridized carbons (Fsp3) is 0.417. The molecule has 0 bridgehead atoms. The minimum atomic E-state index is 1.03. The summed E-state index contributed by atoms with van der Waals surface area (Å²) in [5, 5.41) is 1.03. The van der Waals surface area contributed by atoms with Crippen LogP contribution in [0.5, 0.6) is 0 Å². The summed E-state index contributed by atoms with van der Waals surface area (Å²) in [7, 11) is 1.83. The summed E-state index contributed by atoms with van der Waals surface area (Å²) in [5.41, 5.74) is 2.63. The molecule has 0 N–H and O–H groups in total. The molecule has 1 aliphatic rings. The molecule has 0 aromatic heterocycles. The Morgan fingerprint density at radius 3 is 2.73 bits per heavy atom. The Morgan fingerprint density at radius 2 is 2.20 bits per heavy atom. The first kappa shape index (κ1) is 12.1. The minimum absolute atomic E-state index is 1.03. The molecule has 0 aromatic carbocycles. The van der Waals surface area contributed by atoms with Crippen LogP contribution in [0, 0.1) is 0 Å². The van der Waals surface area contributed by atoms with Gasteiger partial charge in [-0.3, -0.25) is 9.89 Å². The number of rotatable bonds is 1. The topological polar surface area (TPSA) is 15.6 Å². The van der Waals surface area contributed by atoms with Gasteiger partial charge in [0.15, 0.2) is 5.17 Å². The van der Waals surface area contributed by atoms with Gasteiger partial charge in [0.1, 0.15) is 0 Å². The summed E-state index contributed by atoms with van der Waals surface area (Å²) in [5.74, 6) is 0. The molecule has 0 radical (unpaired) electrons. The normalized spacial score (nSPS) is 19.7. The van der Waals surface area contributed by atoms with Crippen molar-refractivity contribution in [2.24, 2.45) is 4.99 Å². The van der Waals surface area contributed by atoms with Gasteiger partial charge in [-0.05, 0) is 37.3 Å². The van der Waals surface area contributed by atoms with Gasteiger partial charge in [0.25, 0.3) is 0 Å². The molecule has 2 nitrogen and oxygen atoms in total. The maximum Gasteiger partial charge on any atom is 0.167 e. The second kappa shape index (κ2) is 5.81. The zero-order chi connectivity index (χ0) is 11.3. The Labute approximate surface area is 96.5 Å². The molecule has 1 rings (SSSR count). The van der Waals surface area contributed by atoms with E-state index in [4.69, 9.17) is 0 Å². The van der Waals surface area contributed by atoms with Crippen LogP contribution in [-0.4, -0.2) is 23.4 Å². The Morgan fingerprint density at radius 1 is 1.47 bits per heavy atom. The molecule has 82 valence electrons.